The van der Waals surface area contributed by atoms with E-state index in [-0.39, 0.29) is 11.7 Å². The number of imidazole rings is 1. The summed E-state index contributed by atoms with van der Waals surface area (Å²) in [6, 6.07) is 7.68. The molecule has 0 aliphatic rings. The van der Waals surface area contributed by atoms with Crippen molar-refractivity contribution in [2.24, 2.45) is 0 Å². The number of thioether (sulfide) groups is 1. The van der Waals surface area contributed by atoms with Crippen molar-refractivity contribution in [2.45, 2.75) is 38.3 Å². The van der Waals surface area contributed by atoms with Crippen LogP contribution in [0.1, 0.15) is 31.2 Å². The molecule has 0 atom stereocenters. The number of aromatic nitrogens is 3. The van der Waals surface area contributed by atoms with Crippen LogP contribution in [0, 0.1) is 6.92 Å². The fourth-order valence-corrected chi connectivity index (χ4v) is 4.11. The van der Waals surface area contributed by atoms with Crippen molar-refractivity contribution in [3.63, 3.8) is 0 Å². The molecule has 8 heteroatoms. The number of rotatable bonds is 9. The van der Waals surface area contributed by atoms with Gasteiger partial charge < -0.3 is 15.0 Å². The van der Waals surface area contributed by atoms with Gasteiger partial charge in [-0.3, -0.25) is 4.79 Å². The van der Waals surface area contributed by atoms with Crippen molar-refractivity contribution in [3.8, 4) is 17.0 Å². The minimum absolute atomic E-state index is 0.0928. The molecule has 2 aromatic heterocycles. The zero-order valence-electron chi connectivity index (χ0n) is 16.2. The molecule has 3 aromatic rings. The molecule has 3 rings (SSSR count). The predicted molar refractivity (Wildman–Crippen MR) is 115 cm³/mol. The third kappa shape index (κ3) is 5.36. The summed E-state index contributed by atoms with van der Waals surface area (Å²) < 4.78 is 5.17. The molecule has 2 heterocycles. The Morgan fingerprint density at radius 1 is 1.29 bits per heavy atom. The monoisotopic (exact) mass is 416 g/mol. The van der Waals surface area contributed by atoms with Crippen LogP contribution in [0.4, 0.5) is 5.13 Å². The third-order valence-electron chi connectivity index (χ3n) is 4.21. The first-order valence-corrected chi connectivity index (χ1v) is 11.0. The first kappa shape index (κ1) is 20.4. The van der Waals surface area contributed by atoms with Gasteiger partial charge in [-0.2, -0.15) is 0 Å². The van der Waals surface area contributed by atoms with E-state index < -0.39 is 0 Å². The number of hydrogen-bond acceptors (Lipinski definition) is 6. The molecule has 1 amide bonds. The van der Waals surface area contributed by atoms with Gasteiger partial charge in [0.25, 0.3) is 0 Å². The molecule has 0 bridgehead atoms. The number of nitrogens with one attached hydrogen (secondary N) is 2. The summed E-state index contributed by atoms with van der Waals surface area (Å²) >= 11 is 2.82. The largest absolute Gasteiger partial charge is 0.497 e. The van der Waals surface area contributed by atoms with E-state index in [1.807, 2.05) is 36.6 Å². The molecule has 148 valence electrons. The molecule has 0 fully saturated rings. The van der Waals surface area contributed by atoms with Gasteiger partial charge >= 0.3 is 0 Å². The van der Waals surface area contributed by atoms with Gasteiger partial charge in [-0.25, -0.2) is 9.97 Å². The highest BCUT2D eigenvalue weighted by molar-refractivity contribution is 7.99. The Balaban J connectivity index is 1.53. The quantitative estimate of drug-likeness (QED) is 0.484. The van der Waals surface area contributed by atoms with Gasteiger partial charge in [0.2, 0.25) is 5.91 Å². The normalized spacial score (nSPS) is 10.8. The highest BCUT2D eigenvalue weighted by Crippen LogP contribution is 2.27. The number of anilines is 1. The number of methoxy groups -OCH3 is 1. The molecule has 0 aliphatic heterocycles. The molecule has 6 nitrogen and oxygen atoms in total. The Morgan fingerprint density at radius 3 is 2.79 bits per heavy atom. The molecule has 2 N–H and O–H groups in total. The van der Waals surface area contributed by atoms with Crippen LogP contribution in [0.15, 0.2) is 34.8 Å². The number of carbonyl (C=O) groups excluding carboxylic acids is 1. The van der Waals surface area contributed by atoms with E-state index in [4.69, 9.17) is 4.74 Å². The summed E-state index contributed by atoms with van der Waals surface area (Å²) in [5.74, 6) is 0.998. The van der Waals surface area contributed by atoms with E-state index in [1.165, 1.54) is 23.1 Å². The lowest BCUT2D eigenvalue weighted by atomic mass is 10.2. The number of benzene rings is 1. The zero-order valence-corrected chi connectivity index (χ0v) is 17.9. The summed E-state index contributed by atoms with van der Waals surface area (Å²) in [4.78, 5) is 24.6. The number of carbonyl (C=O) groups is 1. The van der Waals surface area contributed by atoms with Gasteiger partial charge in [-0.15, -0.1) is 11.3 Å². The summed E-state index contributed by atoms with van der Waals surface area (Å²) in [5.41, 5.74) is 3.99. The zero-order chi connectivity index (χ0) is 19.9. The standard InChI is InChI=1S/C20H24N4O2S2/c1-4-5-6-16-13(2)21-19(22-16)28-12-18(25)24-20-23-17(11-27-20)14-7-9-15(26-3)10-8-14/h7-11H,4-6,12H2,1-3H3,(H,21,22)(H,23,24,25). The van der Waals surface area contributed by atoms with Gasteiger partial charge in [0.05, 0.1) is 24.3 Å². The van der Waals surface area contributed by atoms with E-state index in [2.05, 4.69) is 27.2 Å². The van der Waals surface area contributed by atoms with Gasteiger partial charge in [-0.1, -0.05) is 25.1 Å². The first-order chi connectivity index (χ1) is 13.6. The molecule has 0 radical (unpaired) electrons. The predicted octanol–water partition coefficient (Wildman–Crippen LogP) is 4.92. The molecule has 0 unspecified atom stereocenters. The lowest BCUT2D eigenvalue weighted by Gasteiger charge is -2.01. The lowest BCUT2D eigenvalue weighted by Crippen LogP contribution is -2.13. The van der Waals surface area contributed by atoms with E-state index in [0.717, 1.165) is 52.8 Å². The van der Waals surface area contributed by atoms with Gasteiger partial charge in [0, 0.05) is 16.6 Å². The maximum Gasteiger partial charge on any atom is 0.236 e. The molecule has 1 aromatic carbocycles. The van der Waals surface area contributed by atoms with Crippen molar-refractivity contribution in [3.05, 3.63) is 41.0 Å². The molecule has 0 spiro atoms. The SMILES string of the molecule is CCCCc1nc(SCC(=O)Nc2nc(-c3ccc(OC)cc3)cs2)[nH]c1C. The van der Waals surface area contributed by atoms with Crippen molar-refractivity contribution in [1.29, 1.82) is 0 Å². The highest BCUT2D eigenvalue weighted by atomic mass is 32.2. The molecule has 0 aliphatic carbocycles. The second kappa shape index (κ2) is 9.75. The van der Waals surface area contributed by atoms with Crippen LogP contribution in [0.5, 0.6) is 5.75 Å². The van der Waals surface area contributed by atoms with Crippen LogP contribution in [0.3, 0.4) is 0 Å². The number of aromatic amines is 1. The first-order valence-electron chi connectivity index (χ1n) is 9.17. The Hall–Kier alpha value is -2.32. The second-order valence-electron chi connectivity index (χ2n) is 6.32. The summed E-state index contributed by atoms with van der Waals surface area (Å²) in [6.45, 7) is 4.19. The van der Waals surface area contributed by atoms with Crippen molar-refractivity contribution < 1.29 is 9.53 Å². The van der Waals surface area contributed by atoms with Gasteiger partial charge in [0.1, 0.15) is 5.75 Å². The maximum atomic E-state index is 12.3. The average Bonchev–Trinajstić information content (AvgIpc) is 3.31. The van der Waals surface area contributed by atoms with E-state index >= 15 is 0 Å². The lowest BCUT2D eigenvalue weighted by molar-refractivity contribution is -0.113. The van der Waals surface area contributed by atoms with Crippen LogP contribution in [0.25, 0.3) is 11.3 Å². The minimum atomic E-state index is -0.0928. The summed E-state index contributed by atoms with van der Waals surface area (Å²) in [5, 5.41) is 6.17. The van der Waals surface area contributed by atoms with Gasteiger partial charge in [-0.05, 0) is 44.0 Å². The number of nitrogens with zero attached hydrogens (tertiary/aromatic N) is 2. The van der Waals surface area contributed by atoms with Crippen molar-refractivity contribution in [1.82, 2.24) is 15.0 Å². The van der Waals surface area contributed by atoms with Crippen LogP contribution < -0.4 is 10.1 Å². The van der Waals surface area contributed by atoms with Crippen LogP contribution in [0.2, 0.25) is 0 Å². The molecular formula is C20H24N4O2S2. The second-order valence-corrected chi connectivity index (χ2v) is 8.14. The number of ether oxygens (including phenoxy) is 1. The molecule has 0 saturated heterocycles. The average molecular weight is 417 g/mol. The number of thiazole rings is 1. The van der Waals surface area contributed by atoms with Crippen LogP contribution in [-0.2, 0) is 11.2 Å². The Bertz CT molecular complexity index is 919. The fourth-order valence-electron chi connectivity index (χ4n) is 2.64. The Morgan fingerprint density at radius 2 is 2.07 bits per heavy atom. The van der Waals surface area contributed by atoms with Crippen molar-refractivity contribution >= 4 is 34.1 Å². The summed E-state index contributed by atoms with van der Waals surface area (Å²) in [6.07, 6.45) is 3.24. The van der Waals surface area contributed by atoms with Gasteiger partial charge in [0.15, 0.2) is 10.3 Å². The Kier molecular flexibility index (Phi) is 7.11. The van der Waals surface area contributed by atoms with E-state index in [0.29, 0.717) is 5.13 Å². The van der Waals surface area contributed by atoms with E-state index in [9.17, 15) is 4.79 Å². The van der Waals surface area contributed by atoms with Crippen LogP contribution >= 0.6 is 23.1 Å². The van der Waals surface area contributed by atoms with Crippen molar-refractivity contribution in [2.75, 3.05) is 18.2 Å². The van der Waals surface area contributed by atoms with Crippen LogP contribution in [-0.4, -0.2) is 33.7 Å². The smallest absolute Gasteiger partial charge is 0.236 e. The van der Waals surface area contributed by atoms with E-state index in [1.54, 1.807) is 7.11 Å². The molecule has 0 saturated carbocycles. The number of hydrogen-bond donors (Lipinski definition) is 2. The molecular weight excluding hydrogens is 392 g/mol. The third-order valence-corrected chi connectivity index (χ3v) is 5.84. The number of aryl methyl sites for hydroxylation is 2. The number of unbranched alkanes of at least 4 members (excludes halogenated alkanes) is 1. The maximum absolute atomic E-state index is 12.3. The minimum Gasteiger partial charge on any atom is -0.497 e. The summed E-state index contributed by atoms with van der Waals surface area (Å²) in [7, 11) is 1.64. The highest BCUT2D eigenvalue weighted by Gasteiger charge is 2.11. The molecule has 28 heavy (non-hydrogen) atoms. The fraction of sp³-hybridized carbons (Fsp3) is 0.350. The topological polar surface area (TPSA) is 79.9 Å². The Labute approximate surface area is 173 Å². The number of amides is 1. The number of H-pyrrole nitrogens is 1.